The molecule has 0 aromatic heterocycles. The first-order chi connectivity index (χ1) is 9.21. The Kier molecular flexibility index (Phi) is 3.64. The Bertz CT molecular complexity index is 407. The van der Waals surface area contributed by atoms with E-state index in [1.165, 1.54) is 38.0 Å². The second kappa shape index (κ2) is 5.26. The molecule has 0 bridgehead atoms. The molecule has 19 heavy (non-hydrogen) atoms. The van der Waals surface area contributed by atoms with Gasteiger partial charge in [-0.05, 0) is 36.3 Å². The van der Waals surface area contributed by atoms with Gasteiger partial charge in [0.2, 0.25) is 0 Å². The maximum atomic E-state index is 3.83. The van der Waals surface area contributed by atoms with Gasteiger partial charge in [0.05, 0.1) is 0 Å². The first kappa shape index (κ1) is 13.1. The fraction of sp³-hybridized carbons (Fsp3) is 0.647. The van der Waals surface area contributed by atoms with E-state index >= 15 is 0 Å². The van der Waals surface area contributed by atoms with Gasteiger partial charge in [0.15, 0.2) is 0 Å². The van der Waals surface area contributed by atoms with Gasteiger partial charge >= 0.3 is 0 Å². The van der Waals surface area contributed by atoms with Crippen LogP contribution in [-0.4, -0.2) is 25.7 Å². The highest BCUT2D eigenvalue weighted by molar-refractivity contribution is 5.27. The standard InChI is InChI=1S/C17H26N2/c1-13(2)17(8-9-18-11-17)12-19-16-10-15(16)14-6-4-3-5-7-14/h3-7,13,15-16,18-19H,8-12H2,1-2H3. The molecule has 3 rings (SSSR count). The van der Waals surface area contributed by atoms with Crippen molar-refractivity contribution >= 4 is 0 Å². The summed E-state index contributed by atoms with van der Waals surface area (Å²) in [6.07, 6.45) is 2.63. The van der Waals surface area contributed by atoms with E-state index in [4.69, 9.17) is 0 Å². The molecule has 0 spiro atoms. The lowest BCUT2D eigenvalue weighted by Crippen LogP contribution is -2.41. The Morgan fingerprint density at radius 1 is 1.32 bits per heavy atom. The van der Waals surface area contributed by atoms with Gasteiger partial charge in [-0.3, -0.25) is 0 Å². The minimum absolute atomic E-state index is 0.476. The van der Waals surface area contributed by atoms with Crippen molar-refractivity contribution in [3.8, 4) is 0 Å². The molecular formula is C17H26N2. The minimum Gasteiger partial charge on any atom is -0.316 e. The minimum atomic E-state index is 0.476. The fourth-order valence-corrected chi connectivity index (χ4v) is 3.43. The summed E-state index contributed by atoms with van der Waals surface area (Å²) in [6, 6.07) is 11.6. The summed E-state index contributed by atoms with van der Waals surface area (Å²) in [5, 5.41) is 7.37. The number of nitrogens with one attached hydrogen (secondary N) is 2. The average Bonchev–Trinajstić information content (AvgIpc) is 3.05. The number of hydrogen-bond donors (Lipinski definition) is 2. The highest BCUT2D eigenvalue weighted by Crippen LogP contribution is 2.42. The quantitative estimate of drug-likeness (QED) is 0.848. The van der Waals surface area contributed by atoms with Crippen molar-refractivity contribution in [3.05, 3.63) is 35.9 Å². The van der Waals surface area contributed by atoms with Crippen LogP contribution in [0.3, 0.4) is 0 Å². The third-order valence-corrected chi connectivity index (χ3v) is 5.24. The van der Waals surface area contributed by atoms with Crippen molar-refractivity contribution in [2.75, 3.05) is 19.6 Å². The lowest BCUT2D eigenvalue weighted by molar-refractivity contribution is 0.207. The average molecular weight is 258 g/mol. The van der Waals surface area contributed by atoms with Crippen LogP contribution >= 0.6 is 0 Å². The van der Waals surface area contributed by atoms with Crippen molar-refractivity contribution in [1.82, 2.24) is 10.6 Å². The summed E-state index contributed by atoms with van der Waals surface area (Å²) < 4.78 is 0. The van der Waals surface area contributed by atoms with Gasteiger partial charge in [-0.25, -0.2) is 0 Å². The Morgan fingerprint density at radius 3 is 2.74 bits per heavy atom. The van der Waals surface area contributed by atoms with Crippen molar-refractivity contribution in [3.63, 3.8) is 0 Å². The predicted molar refractivity (Wildman–Crippen MR) is 80.3 cm³/mol. The van der Waals surface area contributed by atoms with E-state index in [-0.39, 0.29) is 0 Å². The van der Waals surface area contributed by atoms with Crippen molar-refractivity contribution < 1.29 is 0 Å². The molecule has 3 atom stereocenters. The molecule has 1 aromatic rings. The van der Waals surface area contributed by atoms with Crippen LogP contribution in [-0.2, 0) is 0 Å². The number of benzene rings is 1. The molecule has 1 aliphatic heterocycles. The predicted octanol–water partition coefficient (Wildman–Crippen LogP) is 2.77. The van der Waals surface area contributed by atoms with Gasteiger partial charge in [-0.1, -0.05) is 44.2 Å². The Hall–Kier alpha value is -0.860. The molecular weight excluding hydrogens is 232 g/mol. The number of hydrogen-bond acceptors (Lipinski definition) is 2. The van der Waals surface area contributed by atoms with Crippen LogP contribution in [0, 0.1) is 11.3 Å². The molecule has 0 amide bonds. The molecule has 2 aliphatic rings. The molecule has 1 heterocycles. The van der Waals surface area contributed by atoms with Gasteiger partial charge in [0.25, 0.3) is 0 Å². The maximum Gasteiger partial charge on any atom is 0.0143 e. The van der Waals surface area contributed by atoms with E-state index in [0.717, 1.165) is 11.8 Å². The second-order valence-corrected chi connectivity index (χ2v) is 6.68. The summed E-state index contributed by atoms with van der Waals surface area (Å²) in [5.41, 5.74) is 1.98. The SMILES string of the molecule is CC(C)C1(CNC2CC2c2ccccc2)CCNC1. The summed E-state index contributed by atoms with van der Waals surface area (Å²) in [5.74, 6) is 1.50. The molecule has 2 heteroatoms. The summed E-state index contributed by atoms with van der Waals surface area (Å²) in [6.45, 7) is 8.28. The van der Waals surface area contributed by atoms with Crippen LogP contribution in [0.1, 0.15) is 38.2 Å². The molecule has 0 radical (unpaired) electrons. The lowest BCUT2D eigenvalue weighted by Gasteiger charge is -2.33. The second-order valence-electron chi connectivity index (χ2n) is 6.68. The van der Waals surface area contributed by atoms with Crippen LogP contribution in [0.2, 0.25) is 0 Å². The first-order valence-corrected chi connectivity index (χ1v) is 7.70. The highest BCUT2D eigenvalue weighted by atomic mass is 15.0. The van der Waals surface area contributed by atoms with E-state index in [1.54, 1.807) is 0 Å². The third-order valence-electron chi connectivity index (χ3n) is 5.24. The van der Waals surface area contributed by atoms with Gasteiger partial charge in [0, 0.05) is 25.0 Å². The van der Waals surface area contributed by atoms with E-state index < -0.39 is 0 Å². The fourth-order valence-electron chi connectivity index (χ4n) is 3.43. The van der Waals surface area contributed by atoms with Crippen LogP contribution in [0.4, 0.5) is 0 Å². The van der Waals surface area contributed by atoms with E-state index in [1.807, 2.05) is 0 Å². The van der Waals surface area contributed by atoms with Crippen molar-refractivity contribution in [1.29, 1.82) is 0 Å². The smallest absolute Gasteiger partial charge is 0.0143 e. The molecule has 1 aliphatic carbocycles. The molecule has 2 nitrogen and oxygen atoms in total. The lowest BCUT2D eigenvalue weighted by atomic mass is 9.76. The molecule has 3 unspecified atom stereocenters. The summed E-state index contributed by atoms with van der Waals surface area (Å²) >= 11 is 0. The summed E-state index contributed by atoms with van der Waals surface area (Å²) in [4.78, 5) is 0. The summed E-state index contributed by atoms with van der Waals surface area (Å²) in [7, 11) is 0. The van der Waals surface area contributed by atoms with Gasteiger partial charge in [-0.2, -0.15) is 0 Å². The monoisotopic (exact) mass is 258 g/mol. The van der Waals surface area contributed by atoms with E-state index in [9.17, 15) is 0 Å². The molecule has 1 aromatic carbocycles. The van der Waals surface area contributed by atoms with E-state index in [2.05, 4.69) is 54.8 Å². The van der Waals surface area contributed by atoms with Crippen LogP contribution in [0.15, 0.2) is 30.3 Å². The highest BCUT2D eigenvalue weighted by Gasteiger charge is 2.42. The van der Waals surface area contributed by atoms with Crippen LogP contribution < -0.4 is 10.6 Å². The van der Waals surface area contributed by atoms with Crippen LogP contribution in [0.5, 0.6) is 0 Å². The zero-order valence-electron chi connectivity index (χ0n) is 12.2. The van der Waals surface area contributed by atoms with Gasteiger partial charge < -0.3 is 10.6 Å². The third kappa shape index (κ3) is 2.70. The molecule has 2 N–H and O–H groups in total. The van der Waals surface area contributed by atoms with Gasteiger partial charge in [0.1, 0.15) is 0 Å². The maximum absolute atomic E-state index is 3.83. The Morgan fingerprint density at radius 2 is 2.11 bits per heavy atom. The molecule has 1 saturated carbocycles. The zero-order chi connectivity index (χ0) is 13.3. The normalized spacial score (nSPS) is 33.8. The first-order valence-electron chi connectivity index (χ1n) is 7.70. The number of rotatable bonds is 5. The van der Waals surface area contributed by atoms with E-state index in [0.29, 0.717) is 11.5 Å². The van der Waals surface area contributed by atoms with Crippen molar-refractivity contribution in [2.45, 2.75) is 38.6 Å². The Labute approximate surface area is 117 Å². The Balaban J connectivity index is 1.54. The zero-order valence-corrected chi connectivity index (χ0v) is 12.2. The van der Waals surface area contributed by atoms with Gasteiger partial charge in [-0.15, -0.1) is 0 Å². The van der Waals surface area contributed by atoms with Crippen LogP contribution in [0.25, 0.3) is 0 Å². The largest absolute Gasteiger partial charge is 0.316 e. The molecule has 104 valence electrons. The molecule has 1 saturated heterocycles. The molecule has 2 fully saturated rings. The van der Waals surface area contributed by atoms with Crippen molar-refractivity contribution in [2.24, 2.45) is 11.3 Å². The topological polar surface area (TPSA) is 24.1 Å².